The highest BCUT2D eigenvalue weighted by atomic mass is 32.2. The smallest absolute Gasteiger partial charge is 0.250 e. The number of nitrogens with one attached hydrogen (secondary N) is 1. The predicted octanol–water partition coefficient (Wildman–Crippen LogP) is 0.0998. The van der Waals surface area contributed by atoms with E-state index in [0.29, 0.717) is 5.16 Å². The van der Waals surface area contributed by atoms with Gasteiger partial charge in [-0.15, -0.1) is 0 Å². The minimum atomic E-state index is -0.284. The number of aryl methyl sites for hydroxylation is 1. The first kappa shape index (κ1) is 15.8. The molecule has 1 amide bonds. The van der Waals surface area contributed by atoms with Gasteiger partial charge in [0.1, 0.15) is 11.6 Å². The number of thioether (sulfide) groups is 1. The van der Waals surface area contributed by atoms with Crippen molar-refractivity contribution < 1.29 is 4.79 Å². The lowest BCUT2D eigenvalue weighted by atomic mass is 10.4. The van der Waals surface area contributed by atoms with Crippen LogP contribution in [-0.2, 0) is 11.3 Å². The molecule has 0 atom stereocenters. The van der Waals surface area contributed by atoms with Crippen LogP contribution < -0.4 is 16.9 Å². The number of carbonyl (C=O) groups excluding carboxylic acids is 1. The molecular formula is C12H16N8OS. The van der Waals surface area contributed by atoms with E-state index in [0.717, 1.165) is 23.9 Å². The molecule has 0 aliphatic heterocycles. The monoisotopic (exact) mass is 320 g/mol. The van der Waals surface area contributed by atoms with Crippen LogP contribution in [0.5, 0.6) is 0 Å². The van der Waals surface area contributed by atoms with E-state index in [-0.39, 0.29) is 23.3 Å². The van der Waals surface area contributed by atoms with Crippen molar-refractivity contribution in [1.29, 1.82) is 0 Å². The minimum absolute atomic E-state index is 0.106. The van der Waals surface area contributed by atoms with Gasteiger partial charge in [-0.25, -0.2) is 15.4 Å². The minimum Gasteiger partial charge on any atom is -0.383 e. The third kappa shape index (κ3) is 4.74. The first-order chi connectivity index (χ1) is 10.6. The maximum absolute atomic E-state index is 11.7. The van der Waals surface area contributed by atoms with Crippen molar-refractivity contribution in [3.05, 3.63) is 24.0 Å². The number of nitrogen functional groups attached to an aromatic ring is 2. The van der Waals surface area contributed by atoms with Crippen LogP contribution in [-0.4, -0.2) is 37.6 Å². The summed E-state index contributed by atoms with van der Waals surface area (Å²) in [7, 11) is 0. The van der Waals surface area contributed by atoms with Crippen LogP contribution in [0.3, 0.4) is 0 Å². The zero-order valence-corrected chi connectivity index (χ0v) is 12.7. The van der Waals surface area contributed by atoms with Crippen molar-refractivity contribution in [3.8, 4) is 0 Å². The molecule has 0 spiro atoms. The molecule has 5 N–H and O–H groups in total. The van der Waals surface area contributed by atoms with Gasteiger partial charge >= 0.3 is 0 Å². The van der Waals surface area contributed by atoms with Crippen LogP contribution in [0.25, 0.3) is 0 Å². The number of carbonyl (C=O) groups is 1. The zero-order chi connectivity index (χ0) is 15.9. The Morgan fingerprint density at radius 3 is 2.82 bits per heavy atom. The molecule has 10 heteroatoms. The quantitative estimate of drug-likeness (QED) is 0.297. The lowest BCUT2D eigenvalue weighted by molar-refractivity contribution is -0.118. The highest BCUT2D eigenvalue weighted by Gasteiger charge is 2.05. The fourth-order valence-electron chi connectivity index (χ4n) is 1.49. The molecule has 9 nitrogen and oxygen atoms in total. The first-order valence-corrected chi connectivity index (χ1v) is 7.42. The highest BCUT2D eigenvalue weighted by molar-refractivity contribution is 7.99. The Bertz CT molecular complexity index is 663. The normalized spacial score (nSPS) is 11.0. The van der Waals surface area contributed by atoms with E-state index < -0.39 is 0 Å². The zero-order valence-electron chi connectivity index (χ0n) is 11.9. The molecule has 0 aromatic carbocycles. The molecule has 22 heavy (non-hydrogen) atoms. The Morgan fingerprint density at radius 1 is 1.45 bits per heavy atom. The average molecular weight is 320 g/mol. The third-order valence-electron chi connectivity index (χ3n) is 2.46. The molecular weight excluding hydrogens is 304 g/mol. The van der Waals surface area contributed by atoms with Gasteiger partial charge in [-0.1, -0.05) is 11.8 Å². The molecule has 0 saturated carbocycles. The molecule has 0 saturated heterocycles. The van der Waals surface area contributed by atoms with Crippen molar-refractivity contribution in [2.45, 2.75) is 18.6 Å². The SMILES string of the molecule is CCn1cc(/C=N\NC(=O)CSc2nc(N)cc(N)n2)cn1. The van der Waals surface area contributed by atoms with Crippen LogP contribution in [0.2, 0.25) is 0 Å². The van der Waals surface area contributed by atoms with Gasteiger partial charge in [-0.05, 0) is 6.92 Å². The molecule has 0 unspecified atom stereocenters. The number of amides is 1. The summed E-state index contributed by atoms with van der Waals surface area (Å²) < 4.78 is 1.76. The number of hydrazone groups is 1. The first-order valence-electron chi connectivity index (χ1n) is 6.44. The number of hydrogen-bond donors (Lipinski definition) is 3. The average Bonchev–Trinajstić information content (AvgIpc) is 2.92. The number of rotatable bonds is 6. The summed E-state index contributed by atoms with van der Waals surface area (Å²) in [6, 6.07) is 1.45. The molecule has 2 aromatic rings. The Morgan fingerprint density at radius 2 is 2.18 bits per heavy atom. The van der Waals surface area contributed by atoms with Crippen LogP contribution in [0.1, 0.15) is 12.5 Å². The molecule has 2 rings (SSSR count). The molecule has 0 radical (unpaired) electrons. The second kappa shape index (κ2) is 7.41. The summed E-state index contributed by atoms with van der Waals surface area (Å²) >= 11 is 1.13. The maximum Gasteiger partial charge on any atom is 0.250 e. The van der Waals surface area contributed by atoms with E-state index >= 15 is 0 Å². The van der Waals surface area contributed by atoms with Crippen LogP contribution >= 0.6 is 11.8 Å². The number of nitrogens with zero attached hydrogens (tertiary/aromatic N) is 5. The Labute approximate surface area is 131 Å². The molecule has 0 bridgehead atoms. The van der Waals surface area contributed by atoms with Gasteiger partial charge in [0.15, 0.2) is 5.16 Å². The van der Waals surface area contributed by atoms with Crippen LogP contribution in [0.15, 0.2) is 28.7 Å². The van der Waals surface area contributed by atoms with Gasteiger partial charge in [0, 0.05) is 24.4 Å². The Hall–Kier alpha value is -2.62. The summed E-state index contributed by atoms with van der Waals surface area (Å²) in [5.41, 5.74) is 14.3. The molecule has 116 valence electrons. The standard InChI is InChI=1S/C12H16N8OS/c1-2-20-6-8(5-16-20)4-15-19-11(21)7-22-12-17-9(13)3-10(14)18-12/h3-6H,2,7H2,1H3,(H,19,21)(H4,13,14,17,18)/b15-4-. The number of anilines is 2. The summed E-state index contributed by atoms with van der Waals surface area (Å²) in [4.78, 5) is 19.6. The Balaban J connectivity index is 1.80. The maximum atomic E-state index is 11.7. The van der Waals surface area contributed by atoms with Gasteiger partial charge in [0.2, 0.25) is 0 Å². The number of aromatic nitrogens is 4. The van der Waals surface area contributed by atoms with Crippen molar-refractivity contribution in [2.75, 3.05) is 17.2 Å². The molecule has 2 aromatic heterocycles. The van der Waals surface area contributed by atoms with Crippen molar-refractivity contribution in [2.24, 2.45) is 5.10 Å². The van der Waals surface area contributed by atoms with Gasteiger partial charge in [-0.3, -0.25) is 9.48 Å². The van der Waals surface area contributed by atoms with Gasteiger partial charge in [0.05, 0.1) is 18.2 Å². The van der Waals surface area contributed by atoms with Crippen molar-refractivity contribution in [1.82, 2.24) is 25.2 Å². The second-order valence-corrected chi connectivity index (χ2v) is 5.15. The largest absolute Gasteiger partial charge is 0.383 e. The number of nitrogens with two attached hydrogens (primary N) is 2. The van der Waals surface area contributed by atoms with Gasteiger partial charge in [0.25, 0.3) is 5.91 Å². The van der Waals surface area contributed by atoms with E-state index in [2.05, 4.69) is 25.6 Å². The van der Waals surface area contributed by atoms with E-state index in [1.54, 1.807) is 10.9 Å². The van der Waals surface area contributed by atoms with Crippen molar-refractivity contribution in [3.63, 3.8) is 0 Å². The molecule has 0 fully saturated rings. The molecule has 0 aliphatic rings. The summed E-state index contributed by atoms with van der Waals surface area (Å²) in [6.45, 7) is 2.76. The summed E-state index contributed by atoms with van der Waals surface area (Å²) in [5, 5.41) is 8.30. The third-order valence-corrected chi connectivity index (χ3v) is 3.30. The number of hydrogen-bond acceptors (Lipinski definition) is 8. The van der Waals surface area contributed by atoms with Crippen LogP contribution in [0.4, 0.5) is 11.6 Å². The topological polar surface area (TPSA) is 137 Å². The predicted molar refractivity (Wildman–Crippen MR) is 85.2 cm³/mol. The lowest BCUT2D eigenvalue weighted by Gasteiger charge is -2.01. The van der Waals surface area contributed by atoms with Gasteiger partial charge < -0.3 is 11.5 Å². The lowest BCUT2D eigenvalue weighted by Crippen LogP contribution is -2.19. The van der Waals surface area contributed by atoms with E-state index in [1.807, 2.05) is 13.1 Å². The second-order valence-electron chi connectivity index (χ2n) is 4.21. The Kier molecular flexibility index (Phi) is 5.31. The van der Waals surface area contributed by atoms with E-state index in [4.69, 9.17) is 11.5 Å². The highest BCUT2D eigenvalue weighted by Crippen LogP contribution is 2.15. The van der Waals surface area contributed by atoms with Crippen LogP contribution in [0, 0.1) is 0 Å². The molecule has 0 aliphatic carbocycles. The summed E-state index contributed by atoms with van der Waals surface area (Å²) in [6.07, 6.45) is 5.02. The van der Waals surface area contributed by atoms with E-state index in [9.17, 15) is 4.79 Å². The fourth-order valence-corrected chi connectivity index (χ4v) is 2.15. The fraction of sp³-hybridized carbons (Fsp3) is 0.250. The van der Waals surface area contributed by atoms with E-state index in [1.165, 1.54) is 12.3 Å². The van der Waals surface area contributed by atoms with Crippen molar-refractivity contribution >= 4 is 35.5 Å². The molecule has 2 heterocycles. The van der Waals surface area contributed by atoms with Gasteiger partial charge in [-0.2, -0.15) is 10.2 Å². The summed E-state index contributed by atoms with van der Waals surface area (Å²) in [5.74, 6) is 0.352.